The molecule has 1 aromatic rings. The lowest BCUT2D eigenvalue weighted by Crippen LogP contribution is -2.36. The Balaban J connectivity index is 1.83. The number of rotatable bonds is 2. The molecule has 0 spiro atoms. The lowest BCUT2D eigenvalue weighted by atomic mass is 10.0. The van der Waals surface area contributed by atoms with E-state index in [0.717, 1.165) is 31.8 Å². The molecule has 2 aliphatic heterocycles. The van der Waals surface area contributed by atoms with Crippen LogP contribution in [0.2, 0.25) is 0 Å². The van der Waals surface area contributed by atoms with Crippen LogP contribution in [0, 0.1) is 11.3 Å². The van der Waals surface area contributed by atoms with Gasteiger partial charge in [0.25, 0.3) is 0 Å². The number of imidazole rings is 1. The fourth-order valence-electron chi connectivity index (χ4n) is 3.18. The fraction of sp³-hybridized carbons (Fsp3) is 0.714. The summed E-state index contributed by atoms with van der Waals surface area (Å²) in [5.41, 5.74) is 1.84. The van der Waals surface area contributed by atoms with Crippen LogP contribution in [0.1, 0.15) is 49.3 Å². The van der Waals surface area contributed by atoms with Gasteiger partial charge in [-0.05, 0) is 38.6 Å². The first kappa shape index (κ1) is 11.7. The van der Waals surface area contributed by atoms with Gasteiger partial charge in [-0.1, -0.05) is 6.42 Å². The molecule has 0 radical (unpaired) electrons. The molecule has 2 aliphatic rings. The van der Waals surface area contributed by atoms with Crippen molar-refractivity contribution < 1.29 is 0 Å². The Morgan fingerprint density at radius 1 is 1.33 bits per heavy atom. The van der Waals surface area contributed by atoms with Crippen LogP contribution in [-0.2, 0) is 19.4 Å². The Bertz CT molecular complexity index is 463. The molecule has 1 atom stereocenters. The molecule has 96 valence electrons. The standard InChI is InChI=1S/C14H20N4/c15-10-12-13-6-2-4-8-18(13)14(17-12)9-11-5-1-3-7-16-11/h11,16H,1-9H2. The van der Waals surface area contributed by atoms with Gasteiger partial charge in [0.1, 0.15) is 11.9 Å². The van der Waals surface area contributed by atoms with Crippen LogP contribution in [0.25, 0.3) is 0 Å². The van der Waals surface area contributed by atoms with E-state index in [4.69, 9.17) is 0 Å². The summed E-state index contributed by atoms with van der Waals surface area (Å²) >= 11 is 0. The molecule has 4 heteroatoms. The summed E-state index contributed by atoms with van der Waals surface area (Å²) in [7, 11) is 0. The summed E-state index contributed by atoms with van der Waals surface area (Å²) in [5, 5.41) is 12.7. The summed E-state index contributed by atoms with van der Waals surface area (Å²) in [6.45, 7) is 2.18. The van der Waals surface area contributed by atoms with E-state index in [1.54, 1.807) is 0 Å². The second-order valence-electron chi connectivity index (χ2n) is 5.39. The van der Waals surface area contributed by atoms with Gasteiger partial charge >= 0.3 is 0 Å². The first-order chi connectivity index (χ1) is 8.88. The number of nitrogens with zero attached hydrogens (tertiary/aromatic N) is 3. The van der Waals surface area contributed by atoms with Gasteiger partial charge in [-0.25, -0.2) is 4.98 Å². The van der Waals surface area contributed by atoms with Crippen molar-refractivity contribution in [1.29, 1.82) is 5.26 Å². The van der Waals surface area contributed by atoms with Crippen LogP contribution in [0.4, 0.5) is 0 Å². The van der Waals surface area contributed by atoms with Gasteiger partial charge in [-0.3, -0.25) is 0 Å². The number of nitriles is 1. The van der Waals surface area contributed by atoms with Crippen molar-refractivity contribution in [3.05, 3.63) is 17.2 Å². The van der Waals surface area contributed by atoms with Crippen molar-refractivity contribution in [2.24, 2.45) is 0 Å². The van der Waals surface area contributed by atoms with E-state index in [2.05, 4.69) is 20.9 Å². The molecule has 0 bridgehead atoms. The Labute approximate surface area is 108 Å². The smallest absolute Gasteiger partial charge is 0.161 e. The van der Waals surface area contributed by atoms with Gasteiger partial charge in [0.15, 0.2) is 5.69 Å². The molecular weight excluding hydrogens is 224 g/mol. The van der Waals surface area contributed by atoms with E-state index in [0.29, 0.717) is 11.7 Å². The first-order valence-corrected chi connectivity index (χ1v) is 7.10. The molecule has 0 saturated carbocycles. The molecule has 0 aromatic carbocycles. The number of fused-ring (bicyclic) bond motifs is 1. The highest BCUT2D eigenvalue weighted by atomic mass is 15.1. The summed E-state index contributed by atoms with van der Waals surface area (Å²) in [6.07, 6.45) is 8.27. The van der Waals surface area contributed by atoms with Gasteiger partial charge in [0.2, 0.25) is 0 Å². The predicted molar refractivity (Wildman–Crippen MR) is 69.2 cm³/mol. The monoisotopic (exact) mass is 244 g/mol. The van der Waals surface area contributed by atoms with Gasteiger partial charge in [0.05, 0.1) is 5.69 Å². The molecule has 3 rings (SSSR count). The van der Waals surface area contributed by atoms with Crippen molar-refractivity contribution in [3.8, 4) is 6.07 Å². The molecule has 0 amide bonds. The molecule has 4 nitrogen and oxygen atoms in total. The fourth-order valence-corrected chi connectivity index (χ4v) is 3.18. The maximum Gasteiger partial charge on any atom is 0.161 e. The minimum Gasteiger partial charge on any atom is -0.331 e. The Morgan fingerprint density at radius 2 is 2.28 bits per heavy atom. The minimum atomic E-state index is 0.554. The highest BCUT2D eigenvalue weighted by molar-refractivity contribution is 5.30. The van der Waals surface area contributed by atoms with Gasteiger partial charge in [-0.15, -0.1) is 0 Å². The molecule has 1 N–H and O–H groups in total. The quantitative estimate of drug-likeness (QED) is 0.862. The second kappa shape index (κ2) is 5.11. The molecule has 1 unspecified atom stereocenters. The van der Waals surface area contributed by atoms with E-state index >= 15 is 0 Å². The number of aromatic nitrogens is 2. The Kier molecular flexibility index (Phi) is 3.33. The molecule has 1 saturated heterocycles. The lowest BCUT2D eigenvalue weighted by Gasteiger charge is -2.24. The van der Waals surface area contributed by atoms with Crippen molar-refractivity contribution in [2.75, 3.05) is 6.54 Å². The topological polar surface area (TPSA) is 53.6 Å². The maximum atomic E-state index is 9.17. The first-order valence-electron chi connectivity index (χ1n) is 7.10. The van der Waals surface area contributed by atoms with Gasteiger partial charge < -0.3 is 9.88 Å². The van der Waals surface area contributed by atoms with E-state index in [-0.39, 0.29) is 0 Å². The SMILES string of the molecule is N#Cc1nc(CC2CCCCN2)n2c1CCCC2. The molecular formula is C14H20N4. The minimum absolute atomic E-state index is 0.554. The van der Waals surface area contributed by atoms with Crippen LogP contribution in [0.5, 0.6) is 0 Å². The Morgan fingerprint density at radius 3 is 3.06 bits per heavy atom. The predicted octanol–water partition coefficient (Wildman–Crippen LogP) is 1.78. The van der Waals surface area contributed by atoms with E-state index in [1.165, 1.54) is 37.8 Å². The third-order valence-corrected chi connectivity index (χ3v) is 4.14. The molecule has 18 heavy (non-hydrogen) atoms. The summed E-state index contributed by atoms with van der Waals surface area (Å²) in [5.74, 6) is 1.13. The van der Waals surface area contributed by atoms with E-state index in [9.17, 15) is 5.26 Å². The zero-order valence-electron chi connectivity index (χ0n) is 10.8. The number of nitrogens with one attached hydrogen (secondary N) is 1. The zero-order valence-corrected chi connectivity index (χ0v) is 10.8. The third kappa shape index (κ3) is 2.15. The summed E-state index contributed by atoms with van der Waals surface area (Å²) in [6, 6.07) is 2.81. The summed E-state index contributed by atoms with van der Waals surface area (Å²) in [4.78, 5) is 4.57. The highest BCUT2D eigenvalue weighted by Gasteiger charge is 2.22. The summed E-state index contributed by atoms with van der Waals surface area (Å²) < 4.78 is 2.30. The molecule has 1 aromatic heterocycles. The Hall–Kier alpha value is -1.34. The van der Waals surface area contributed by atoms with E-state index < -0.39 is 0 Å². The van der Waals surface area contributed by atoms with Crippen LogP contribution in [0.3, 0.4) is 0 Å². The maximum absolute atomic E-state index is 9.17. The largest absolute Gasteiger partial charge is 0.331 e. The number of piperidine rings is 1. The number of hydrogen-bond acceptors (Lipinski definition) is 3. The highest BCUT2D eigenvalue weighted by Crippen LogP contribution is 2.22. The normalized spacial score (nSPS) is 23.4. The van der Waals surface area contributed by atoms with Gasteiger partial charge in [0, 0.05) is 19.0 Å². The van der Waals surface area contributed by atoms with Crippen molar-refractivity contribution in [1.82, 2.24) is 14.9 Å². The molecule has 3 heterocycles. The second-order valence-corrected chi connectivity index (χ2v) is 5.39. The van der Waals surface area contributed by atoms with Crippen LogP contribution < -0.4 is 5.32 Å². The van der Waals surface area contributed by atoms with Crippen molar-refractivity contribution in [3.63, 3.8) is 0 Å². The van der Waals surface area contributed by atoms with E-state index in [1.807, 2.05) is 0 Å². The van der Waals surface area contributed by atoms with Crippen LogP contribution >= 0.6 is 0 Å². The van der Waals surface area contributed by atoms with Crippen LogP contribution in [0.15, 0.2) is 0 Å². The number of hydrogen-bond donors (Lipinski definition) is 1. The molecule has 1 fully saturated rings. The lowest BCUT2D eigenvalue weighted by molar-refractivity contribution is 0.386. The molecule has 0 aliphatic carbocycles. The average molecular weight is 244 g/mol. The zero-order chi connectivity index (χ0) is 12.4. The van der Waals surface area contributed by atoms with Gasteiger partial charge in [-0.2, -0.15) is 5.26 Å². The third-order valence-electron chi connectivity index (χ3n) is 4.14. The average Bonchev–Trinajstić information content (AvgIpc) is 2.78. The van der Waals surface area contributed by atoms with Crippen LogP contribution in [-0.4, -0.2) is 22.1 Å². The van der Waals surface area contributed by atoms with Crippen molar-refractivity contribution >= 4 is 0 Å². The van der Waals surface area contributed by atoms with Crippen molar-refractivity contribution in [2.45, 2.75) is 57.5 Å².